The molecule has 1 amide bonds. The van der Waals surface area contributed by atoms with Gasteiger partial charge in [-0.05, 0) is 24.1 Å². The van der Waals surface area contributed by atoms with E-state index >= 15 is 0 Å². The Bertz CT molecular complexity index is 1200. The van der Waals surface area contributed by atoms with Gasteiger partial charge in [0.05, 0.1) is 24.6 Å². The second kappa shape index (κ2) is 8.61. The first kappa shape index (κ1) is 20.9. The van der Waals surface area contributed by atoms with Crippen molar-refractivity contribution < 1.29 is 14.6 Å². The van der Waals surface area contributed by atoms with Gasteiger partial charge in [-0.1, -0.05) is 60.7 Å². The molecule has 0 spiro atoms. The second-order valence-corrected chi connectivity index (χ2v) is 9.16. The molecule has 0 N–H and O–H groups in total. The van der Waals surface area contributed by atoms with Crippen LogP contribution in [-0.2, 0) is 11.3 Å². The minimum Gasteiger partial charge on any atom is -0.530 e. The topological polar surface area (TPSA) is 68.2 Å². The quantitative estimate of drug-likeness (QED) is 0.568. The third kappa shape index (κ3) is 3.64. The van der Waals surface area contributed by atoms with E-state index in [2.05, 4.69) is 41.3 Å². The summed E-state index contributed by atoms with van der Waals surface area (Å²) in [5.41, 5.74) is 7.41. The second-order valence-electron chi connectivity index (χ2n) is 9.16. The molecule has 6 rings (SSSR count). The number of amides is 1. The van der Waals surface area contributed by atoms with E-state index in [9.17, 15) is 9.90 Å². The van der Waals surface area contributed by atoms with Crippen LogP contribution in [0.5, 0.6) is 0 Å². The van der Waals surface area contributed by atoms with Gasteiger partial charge in [-0.2, -0.15) is 0 Å². The van der Waals surface area contributed by atoms with Gasteiger partial charge in [0.2, 0.25) is 0 Å². The zero-order valence-corrected chi connectivity index (χ0v) is 18.9. The Kier molecular flexibility index (Phi) is 5.30. The lowest BCUT2D eigenvalue weighted by atomic mass is 9.88. The molecular formula is C28H26N3O3-. The van der Waals surface area contributed by atoms with Crippen molar-refractivity contribution in [1.29, 1.82) is 0 Å². The number of piperidine rings is 1. The number of carbonyl (C=O) groups is 1. The molecular weight excluding hydrogens is 426 g/mol. The highest BCUT2D eigenvalue weighted by atomic mass is 16.5. The van der Waals surface area contributed by atoms with Gasteiger partial charge in [-0.15, -0.1) is 0 Å². The Morgan fingerprint density at radius 2 is 1.68 bits per heavy atom. The van der Waals surface area contributed by atoms with Crippen LogP contribution in [0.25, 0.3) is 0 Å². The monoisotopic (exact) mass is 452 g/mol. The lowest BCUT2D eigenvalue weighted by molar-refractivity contribution is -0.266. The third-order valence-electron chi connectivity index (χ3n) is 7.19. The SMILES string of the molecule is O=C([O-])N1CCC2C(C1)c1cc(N=C(c3ccccc3)c3ccccc3)cc3c1N2CCOC3. The molecule has 2 atom stereocenters. The summed E-state index contributed by atoms with van der Waals surface area (Å²) in [5, 5.41) is 11.6. The molecule has 3 aromatic rings. The molecule has 3 aliphatic rings. The van der Waals surface area contributed by atoms with E-state index in [4.69, 9.17) is 9.73 Å². The van der Waals surface area contributed by atoms with Crippen molar-refractivity contribution in [1.82, 2.24) is 4.90 Å². The third-order valence-corrected chi connectivity index (χ3v) is 7.19. The average molecular weight is 453 g/mol. The summed E-state index contributed by atoms with van der Waals surface area (Å²) >= 11 is 0. The molecule has 172 valence electrons. The molecule has 3 heterocycles. The van der Waals surface area contributed by atoms with Crippen LogP contribution in [0.3, 0.4) is 0 Å². The molecule has 0 bridgehead atoms. The molecule has 0 saturated carbocycles. The number of rotatable bonds is 3. The van der Waals surface area contributed by atoms with Crippen molar-refractivity contribution in [2.75, 3.05) is 31.1 Å². The number of benzene rings is 3. The Balaban J connectivity index is 1.49. The standard InChI is InChI=1S/C28H27N3O3/c32-28(33)30-12-11-25-24(17-30)23-16-22(15-21-18-34-14-13-31(25)27(21)23)29-26(19-7-3-1-4-8-19)20-9-5-2-6-10-20/h1-10,15-16,24-25H,11-14,17-18H2,(H,32,33)/p-1. The Hall–Kier alpha value is -3.64. The minimum atomic E-state index is -1.08. The van der Waals surface area contributed by atoms with Gasteiger partial charge in [0.15, 0.2) is 0 Å². The van der Waals surface area contributed by atoms with Crippen LogP contribution in [0.4, 0.5) is 16.2 Å². The van der Waals surface area contributed by atoms with Gasteiger partial charge in [-0.3, -0.25) is 0 Å². The predicted octanol–water partition coefficient (Wildman–Crippen LogP) is 3.71. The first-order valence-corrected chi connectivity index (χ1v) is 11.9. The van der Waals surface area contributed by atoms with E-state index in [0.717, 1.165) is 41.1 Å². The molecule has 0 aromatic heterocycles. The summed E-state index contributed by atoms with van der Waals surface area (Å²) in [4.78, 5) is 20.7. The van der Waals surface area contributed by atoms with E-state index in [1.807, 2.05) is 36.4 Å². The highest BCUT2D eigenvalue weighted by Crippen LogP contribution is 2.49. The van der Waals surface area contributed by atoms with Crippen LogP contribution < -0.4 is 10.0 Å². The van der Waals surface area contributed by atoms with E-state index in [-0.39, 0.29) is 12.0 Å². The summed E-state index contributed by atoms with van der Waals surface area (Å²) in [7, 11) is 0. The van der Waals surface area contributed by atoms with Crippen molar-refractivity contribution in [3.63, 3.8) is 0 Å². The van der Waals surface area contributed by atoms with Gasteiger partial charge in [0.25, 0.3) is 0 Å². The highest BCUT2D eigenvalue weighted by molar-refractivity contribution is 6.14. The van der Waals surface area contributed by atoms with Gasteiger partial charge in [0, 0.05) is 54.0 Å². The maximum Gasteiger partial charge on any atom is 0.136 e. The maximum absolute atomic E-state index is 11.6. The Morgan fingerprint density at radius 3 is 2.35 bits per heavy atom. The Morgan fingerprint density at radius 1 is 0.971 bits per heavy atom. The average Bonchev–Trinajstić information content (AvgIpc) is 3.03. The molecule has 6 nitrogen and oxygen atoms in total. The number of carbonyl (C=O) groups excluding carboxylic acids is 1. The van der Waals surface area contributed by atoms with E-state index in [1.165, 1.54) is 16.2 Å². The van der Waals surface area contributed by atoms with Gasteiger partial charge in [0.1, 0.15) is 6.09 Å². The normalized spacial score (nSPS) is 20.8. The number of hydrogen-bond acceptors (Lipinski definition) is 5. The molecule has 0 aliphatic carbocycles. The molecule has 34 heavy (non-hydrogen) atoms. The number of likely N-dealkylation sites (tertiary alicyclic amines) is 1. The fourth-order valence-corrected chi connectivity index (χ4v) is 5.70. The number of hydrogen-bond donors (Lipinski definition) is 0. The highest BCUT2D eigenvalue weighted by Gasteiger charge is 2.43. The molecule has 6 heteroatoms. The van der Waals surface area contributed by atoms with Gasteiger partial charge < -0.3 is 24.4 Å². The summed E-state index contributed by atoms with van der Waals surface area (Å²) in [5.74, 6) is 0.116. The van der Waals surface area contributed by atoms with Crippen LogP contribution in [0.15, 0.2) is 77.8 Å². The number of ether oxygens (including phenoxy) is 1. The van der Waals surface area contributed by atoms with Crippen LogP contribution in [-0.4, -0.2) is 49.0 Å². The van der Waals surface area contributed by atoms with E-state index in [1.54, 1.807) is 0 Å². The molecule has 2 unspecified atom stereocenters. The molecule has 1 fully saturated rings. The van der Waals surface area contributed by atoms with Gasteiger partial charge in [-0.25, -0.2) is 4.99 Å². The zero-order chi connectivity index (χ0) is 23.1. The molecule has 1 saturated heterocycles. The van der Waals surface area contributed by atoms with Crippen molar-refractivity contribution in [3.8, 4) is 0 Å². The number of fused-ring (bicyclic) bond motifs is 3. The molecule has 0 radical (unpaired) electrons. The van der Waals surface area contributed by atoms with Crippen molar-refractivity contribution in [3.05, 3.63) is 95.1 Å². The summed E-state index contributed by atoms with van der Waals surface area (Å²) < 4.78 is 5.94. The van der Waals surface area contributed by atoms with Crippen LogP contribution in [0, 0.1) is 0 Å². The first-order chi connectivity index (χ1) is 16.7. The van der Waals surface area contributed by atoms with Crippen LogP contribution >= 0.6 is 0 Å². The fraction of sp³-hybridized carbons (Fsp3) is 0.286. The lowest BCUT2D eigenvalue weighted by Gasteiger charge is -2.39. The zero-order valence-electron chi connectivity index (χ0n) is 18.9. The fourth-order valence-electron chi connectivity index (χ4n) is 5.70. The Labute approximate surface area is 199 Å². The van der Waals surface area contributed by atoms with Gasteiger partial charge >= 0.3 is 0 Å². The molecule has 3 aromatic carbocycles. The number of aliphatic imine (C=N–C) groups is 1. The first-order valence-electron chi connectivity index (χ1n) is 11.9. The summed E-state index contributed by atoms with van der Waals surface area (Å²) in [6, 6.07) is 25.0. The summed E-state index contributed by atoms with van der Waals surface area (Å²) in [6.07, 6.45) is -0.288. The molecule has 3 aliphatic heterocycles. The van der Waals surface area contributed by atoms with Crippen LogP contribution in [0.1, 0.15) is 34.6 Å². The smallest absolute Gasteiger partial charge is 0.136 e. The van der Waals surface area contributed by atoms with E-state index in [0.29, 0.717) is 26.3 Å². The van der Waals surface area contributed by atoms with E-state index < -0.39 is 6.09 Å². The van der Waals surface area contributed by atoms with Crippen LogP contribution in [0.2, 0.25) is 0 Å². The lowest BCUT2D eigenvalue weighted by Crippen LogP contribution is -2.52. The van der Waals surface area contributed by atoms with Crippen molar-refractivity contribution in [2.45, 2.75) is 25.0 Å². The maximum atomic E-state index is 11.6. The van der Waals surface area contributed by atoms with Crippen molar-refractivity contribution >= 4 is 23.2 Å². The number of carboxylic acid groups (broad SMARTS) is 1. The minimum absolute atomic E-state index is 0.116. The summed E-state index contributed by atoms with van der Waals surface area (Å²) in [6.45, 7) is 3.02. The number of nitrogens with zero attached hydrogens (tertiary/aromatic N) is 3. The largest absolute Gasteiger partial charge is 0.530 e. The number of anilines is 1. The van der Waals surface area contributed by atoms with Crippen molar-refractivity contribution in [2.24, 2.45) is 4.99 Å². The predicted molar refractivity (Wildman–Crippen MR) is 130 cm³/mol.